The monoisotopic (exact) mass is 261 g/mol. The molecule has 0 atom stereocenters. The molecule has 0 aliphatic carbocycles. The minimum Gasteiger partial charge on any atom is -0.437 e. The Morgan fingerprint density at radius 2 is 2.16 bits per heavy atom. The molecule has 0 saturated carbocycles. The highest BCUT2D eigenvalue weighted by atomic mass is 16.6. The SMILES string of the molecule is CC(=O)c1ccc(Oc2cc(C)[nH]n2)cc1[N+](=O)[O-]. The number of aromatic nitrogens is 2. The average Bonchev–Trinajstić information content (AvgIpc) is 2.74. The first kappa shape index (κ1) is 12.7. The second-order valence-electron chi connectivity index (χ2n) is 3.98. The maximum atomic E-state index is 11.3. The Morgan fingerprint density at radius 1 is 1.42 bits per heavy atom. The maximum absolute atomic E-state index is 11.3. The molecule has 0 unspecified atom stereocenters. The van der Waals surface area contributed by atoms with Gasteiger partial charge in [-0.15, -0.1) is 5.10 Å². The first-order chi connectivity index (χ1) is 8.97. The van der Waals surface area contributed by atoms with Crippen LogP contribution in [0.15, 0.2) is 24.3 Å². The molecule has 0 fully saturated rings. The van der Waals surface area contributed by atoms with Crippen LogP contribution in [-0.2, 0) is 0 Å². The molecule has 2 aromatic rings. The van der Waals surface area contributed by atoms with Crippen LogP contribution in [0, 0.1) is 17.0 Å². The largest absolute Gasteiger partial charge is 0.437 e. The number of aryl methyl sites for hydroxylation is 1. The molecule has 0 saturated heterocycles. The number of ether oxygens (including phenoxy) is 1. The van der Waals surface area contributed by atoms with E-state index in [4.69, 9.17) is 4.74 Å². The third kappa shape index (κ3) is 2.76. The van der Waals surface area contributed by atoms with E-state index in [0.29, 0.717) is 5.88 Å². The van der Waals surface area contributed by atoms with Gasteiger partial charge in [0.2, 0.25) is 5.88 Å². The van der Waals surface area contributed by atoms with Gasteiger partial charge in [0.1, 0.15) is 5.75 Å². The van der Waals surface area contributed by atoms with E-state index in [-0.39, 0.29) is 22.8 Å². The number of rotatable bonds is 4. The summed E-state index contributed by atoms with van der Waals surface area (Å²) >= 11 is 0. The zero-order valence-electron chi connectivity index (χ0n) is 10.3. The van der Waals surface area contributed by atoms with E-state index in [2.05, 4.69) is 10.2 Å². The Kier molecular flexibility index (Phi) is 3.28. The van der Waals surface area contributed by atoms with Crippen molar-refractivity contribution >= 4 is 11.5 Å². The van der Waals surface area contributed by atoms with Crippen molar-refractivity contribution in [3.63, 3.8) is 0 Å². The first-order valence-corrected chi connectivity index (χ1v) is 5.46. The van der Waals surface area contributed by atoms with Crippen molar-refractivity contribution in [1.82, 2.24) is 10.2 Å². The molecule has 2 rings (SSSR count). The first-order valence-electron chi connectivity index (χ1n) is 5.46. The molecule has 0 spiro atoms. The van der Waals surface area contributed by atoms with Gasteiger partial charge < -0.3 is 4.74 Å². The van der Waals surface area contributed by atoms with Crippen LogP contribution >= 0.6 is 0 Å². The number of Topliss-reactive ketones (excluding diaryl/α,β-unsaturated/α-hetero) is 1. The van der Waals surface area contributed by atoms with Gasteiger partial charge in [0.05, 0.1) is 16.6 Å². The number of nitrogens with zero attached hydrogens (tertiary/aromatic N) is 2. The maximum Gasteiger partial charge on any atom is 0.283 e. The average molecular weight is 261 g/mol. The van der Waals surface area contributed by atoms with Gasteiger partial charge in [-0.1, -0.05) is 0 Å². The van der Waals surface area contributed by atoms with Crippen molar-refractivity contribution in [2.75, 3.05) is 0 Å². The van der Waals surface area contributed by atoms with E-state index in [1.54, 1.807) is 13.0 Å². The number of H-pyrrole nitrogens is 1. The number of nitro groups is 1. The van der Waals surface area contributed by atoms with Gasteiger partial charge in [-0.05, 0) is 26.0 Å². The highest BCUT2D eigenvalue weighted by Crippen LogP contribution is 2.28. The van der Waals surface area contributed by atoms with Crippen molar-refractivity contribution in [1.29, 1.82) is 0 Å². The Balaban J connectivity index is 2.35. The van der Waals surface area contributed by atoms with Crippen molar-refractivity contribution in [3.05, 3.63) is 45.6 Å². The molecule has 0 aliphatic heterocycles. The number of aromatic amines is 1. The summed E-state index contributed by atoms with van der Waals surface area (Å²) in [6.45, 7) is 3.08. The van der Waals surface area contributed by atoms with Crippen molar-refractivity contribution < 1.29 is 14.5 Å². The highest BCUT2D eigenvalue weighted by Gasteiger charge is 2.18. The molecule has 1 aromatic heterocycles. The van der Waals surface area contributed by atoms with Crippen LogP contribution in [0.1, 0.15) is 23.0 Å². The molecule has 19 heavy (non-hydrogen) atoms. The van der Waals surface area contributed by atoms with Crippen LogP contribution in [0.3, 0.4) is 0 Å². The van der Waals surface area contributed by atoms with E-state index in [0.717, 1.165) is 5.69 Å². The van der Waals surface area contributed by atoms with Gasteiger partial charge in [0.25, 0.3) is 5.69 Å². The summed E-state index contributed by atoms with van der Waals surface area (Å²) < 4.78 is 5.37. The number of nitro benzene ring substituents is 1. The molecule has 1 N–H and O–H groups in total. The summed E-state index contributed by atoms with van der Waals surface area (Å²) in [6.07, 6.45) is 0. The fourth-order valence-corrected chi connectivity index (χ4v) is 1.59. The van der Waals surface area contributed by atoms with Crippen molar-refractivity contribution in [2.45, 2.75) is 13.8 Å². The summed E-state index contributed by atoms with van der Waals surface area (Å²) in [5, 5.41) is 17.5. The van der Waals surface area contributed by atoms with Gasteiger partial charge in [0, 0.05) is 11.8 Å². The lowest BCUT2D eigenvalue weighted by molar-refractivity contribution is -0.385. The Hall–Kier alpha value is -2.70. The number of ketones is 1. The number of carbonyl (C=O) groups is 1. The van der Waals surface area contributed by atoms with Crippen LogP contribution < -0.4 is 4.74 Å². The van der Waals surface area contributed by atoms with E-state index in [9.17, 15) is 14.9 Å². The molecule has 0 aliphatic rings. The molecule has 1 heterocycles. The lowest BCUT2D eigenvalue weighted by atomic mass is 10.1. The Labute approximate surface area is 108 Å². The van der Waals surface area contributed by atoms with Crippen LogP contribution in [-0.4, -0.2) is 20.9 Å². The second kappa shape index (κ2) is 4.89. The number of nitrogens with one attached hydrogen (secondary N) is 1. The normalized spacial score (nSPS) is 10.2. The molecule has 0 amide bonds. The smallest absolute Gasteiger partial charge is 0.283 e. The zero-order valence-corrected chi connectivity index (χ0v) is 10.3. The van der Waals surface area contributed by atoms with Gasteiger partial charge >= 0.3 is 0 Å². The molecule has 0 radical (unpaired) electrons. The molecule has 7 nitrogen and oxygen atoms in total. The summed E-state index contributed by atoms with van der Waals surface area (Å²) in [5.74, 6) is 0.194. The van der Waals surface area contributed by atoms with E-state index in [1.165, 1.54) is 25.1 Å². The number of hydrogen-bond donors (Lipinski definition) is 1. The number of hydrogen-bond acceptors (Lipinski definition) is 5. The van der Waals surface area contributed by atoms with Crippen molar-refractivity contribution in [2.24, 2.45) is 0 Å². The summed E-state index contributed by atoms with van der Waals surface area (Å²) in [6, 6.07) is 5.73. The predicted molar refractivity (Wildman–Crippen MR) is 66.5 cm³/mol. The number of benzene rings is 1. The molecular weight excluding hydrogens is 250 g/mol. The van der Waals surface area contributed by atoms with Gasteiger partial charge in [-0.2, -0.15) is 0 Å². The fourth-order valence-electron chi connectivity index (χ4n) is 1.59. The summed E-state index contributed by atoms with van der Waals surface area (Å²) in [4.78, 5) is 21.6. The molecule has 98 valence electrons. The fraction of sp³-hybridized carbons (Fsp3) is 0.167. The lowest BCUT2D eigenvalue weighted by Crippen LogP contribution is -2.00. The topological polar surface area (TPSA) is 98.1 Å². The van der Waals surface area contributed by atoms with Crippen molar-refractivity contribution in [3.8, 4) is 11.6 Å². The zero-order chi connectivity index (χ0) is 14.0. The standard InChI is InChI=1S/C12H11N3O4/c1-7-5-12(14-13-7)19-9-3-4-10(8(2)16)11(6-9)15(17)18/h3-6H,1-2H3,(H,13,14). The third-order valence-electron chi connectivity index (χ3n) is 2.45. The van der Waals surface area contributed by atoms with Gasteiger partial charge in [-0.3, -0.25) is 20.0 Å². The van der Waals surface area contributed by atoms with Crippen LogP contribution in [0.25, 0.3) is 0 Å². The van der Waals surface area contributed by atoms with Crippen LogP contribution in [0.4, 0.5) is 5.69 Å². The molecule has 7 heteroatoms. The van der Waals surface area contributed by atoms with Crippen LogP contribution in [0.5, 0.6) is 11.6 Å². The molecular formula is C12H11N3O4. The molecule has 1 aromatic carbocycles. The number of carbonyl (C=O) groups excluding carboxylic acids is 1. The van der Waals surface area contributed by atoms with Gasteiger partial charge in [-0.25, -0.2) is 0 Å². The second-order valence-corrected chi connectivity index (χ2v) is 3.98. The quantitative estimate of drug-likeness (QED) is 0.518. The minimum atomic E-state index is -0.612. The Morgan fingerprint density at radius 3 is 2.68 bits per heavy atom. The van der Waals surface area contributed by atoms with E-state index >= 15 is 0 Å². The summed E-state index contributed by atoms with van der Waals surface area (Å²) in [7, 11) is 0. The van der Waals surface area contributed by atoms with Crippen LogP contribution in [0.2, 0.25) is 0 Å². The Bertz CT molecular complexity index is 648. The van der Waals surface area contributed by atoms with E-state index < -0.39 is 4.92 Å². The van der Waals surface area contributed by atoms with E-state index in [1.807, 2.05) is 0 Å². The predicted octanol–water partition coefficient (Wildman–Crippen LogP) is 2.62. The highest BCUT2D eigenvalue weighted by molar-refractivity contribution is 5.98. The lowest BCUT2D eigenvalue weighted by Gasteiger charge is -2.04. The summed E-state index contributed by atoms with van der Waals surface area (Å²) in [5.41, 5.74) is 0.581. The minimum absolute atomic E-state index is 0.0514. The third-order valence-corrected chi connectivity index (χ3v) is 2.45. The van der Waals surface area contributed by atoms with Gasteiger partial charge in [0.15, 0.2) is 5.78 Å². The molecule has 0 bridgehead atoms.